The lowest BCUT2D eigenvalue weighted by Gasteiger charge is -2.35. The Morgan fingerprint density at radius 1 is 1.03 bits per heavy atom. The fourth-order valence-electron chi connectivity index (χ4n) is 3.38. The van der Waals surface area contributed by atoms with Gasteiger partial charge in [-0.15, -0.1) is 0 Å². The maximum Gasteiger partial charge on any atom is 0.348 e. The molecule has 5 heteroatoms. The zero-order valence-electron chi connectivity index (χ0n) is 17.3. The molecule has 0 saturated carbocycles. The van der Waals surface area contributed by atoms with E-state index in [1.165, 1.54) is 5.56 Å². The summed E-state index contributed by atoms with van der Waals surface area (Å²) in [5, 5.41) is 9.16. The summed E-state index contributed by atoms with van der Waals surface area (Å²) in [6.07, 6.45) is 5.96. The van der Waals surface area contributed by atoms with Gasteiger partial charge in [0.2, 0.25) is 0 Å². The van der Waals surface area contributed by atoms with Crippen molar-refractivity contribution in [2.45, 2.75) is 6.92 Å². The third-order valence-corrected chi connectivity index (χ3v) is 5.03. The predicted molar refractivity (Wildman–Crippen MR) is 121 cm³/mol. The van der Waals surface area contributed by atoms with Crippen molar-refractivity contribution in [2.24, 2.45) is 0 Å². The van der Waals surface area contributed by atoms with Crippen molar-refractivity contribution >= 4 is 23.8 Å². The second-order valence-electron chi connectivity index (χ2n) is 7.08. The van der Waals surface area contributed by atoms with Gasteiger partial charge in [-0.2, -0.15) is 5.26 Å². The van der Waals surface area contributed by atoms with Crippen LogP contribution in [0, 0.1) is 11.3 Å². The molecule has 0 atom stereocenters. The van der Waals surface area contributed by atoms with Gasteiger partial charge < -0.3 is 9.64 Å². The van der Waals surface area contributed by atoms with Gasteiger partial charge in [0.1, 0.15) is 11.6 Å². The number of benzene rings is 2. The molecular weight excluding hydrogens is 374 g/mol. The van der Waals surface area contributed by atoms with Gasteiger partial charge in [-0.3, -0.25) is 4.90 Å². The fourth-order valence-corrected chi connectivity index (χ4v) is 3.38. The minimum atomic E-state index is -0.582. The summed E-state index contributed by atoms with van der Waals surface area (Å²) in [6, 6.07) is 20.2. The Labute approximate surface area is 178 Å². The van der Waals surface area contributed by atoms with E-state index in [0.717, 1.165) is 44.0 Å². The topological polar surface area (TPSA) is 56.6 Å². The van der Waals surface area contributed by atoms with E-state index in [2.05, 4.69) is 46.2 Å². The Bertz CT molecular complexity index is 919. The smallest absolute Gasteiger partial charge is 0.348 e. The Kier molecular flexibility index (Phi) is 7.82. The van der Waals surface area contributed by atoms with Gasteiger partial charge in [0.05, 0.1) is 6.61 Å². The van der Waals surface area contributed by atoms with Crippen LogP contribution in [0.25, 0.3) is 12.2 Å². The predicted octanol–water partition coefficient (Wildman–Crippen LogP) is 3.99. The molecule has 1 aliphatic heterocycles. The van der Waals surface area contributed by atoms with Gasteiger partial charge in [0, 0.05) is 38.4 Å². The highest BCUT2D eigenvalue weighted by molar-refractivity contribution is 5.97. The highest BCUT2D eigenvalue weighted by Gasteiger charge is 2.16. The third-order valence-electron chi connectivity index (χ3n) is 5.03. The van der Waals surface area contributed by atoms with Crippen molar-refractivity contribution in [1.29, 1.82) is 5.26 Å². The number of nitriles is 1. The summed E-state index contributed by atoms with van der Waals surface area (Å²) in [4.78, 5) is 16.6. The second kappa shape index (κ2) is 11.0. The summed E-state index contributed by atoms with van der Waals surface area (Å²) >= 11 is 0. The van der Waals surface area contributed by atoms with E-state index >= 15 is 0 Å². The van der Waals surface area contributed by atoms with Crippen LogP contribution in [0.5, 0.6) is 0 Å². The van der Waals surface area contributed by atoms with Crippen molar-refractivity contribution in [3.05, 3.63) is 77.4 Å². The Balaban J connectivity index is 1.51. The number of hydrogen-bond acceptors (Lipinski definition) is 5. The number of esters is 1. The molecule has 0 aromatic heterocycles. The maximum absolute atomic E-state index is 11.7. The quantitative estimate of drug-likeness (QED) is 0.399. The van der Waals surface area contributed by atoms with E-state index in [1.807, 2.05) is 36.4 Å². The molecule has 2 aromatic carbocycles. The van der Waals surface area contributed by atoms with E-state index in [-0.39, 0.29) is 12.2 Å². The molecule has 1 aliphatic rings. The average Bonchev–Trinajstić information content (AvgIpc) is 2.79. The van der Waals surface area contributed by atoms with Gasteiger partial charge >= 0.3 is 5.97 Å². The van der Waals surface area contributed by atoms with E-state index in [4.69, 9.17) is 10.00 Å². The van der Waals surface area contributed by atoms with Crippen LogP contribution in [0.15, 0.2) is 66.2 Å². The Morgan fingerprint density at radius 2 is 1.73 bits per heavy atom. The highest BCUT2D eigenvalue weighted by atomic mass is 16.5. The average molecular weight is 402 g/mol. The number of hydrogen-bond donors (Lipinski definition) is 0. The summed E-state index contributed by atoms with van der Waals surface area (Å²) in [7, 11) is 0. The van der Waals surface area contributed by atoms with Crippen LogP contribution in [-0.2, 0) is 9.53 Å². The van der Waals surface area contributed by atoms with E-state index in [0.29, 0.717) is 0 Å². The molecule has 1 saturated heterocycles. The van der Waals surface area contributed by atoms with Gasteiger partial charge in [0.15, 0.2) is 0 Å². The van der Waals surface area contributed by atoms with Crippen LogP contribution in [-0.4, -0.2) is 50.2 Å². The highest BCUT2D eigenvalue weighted by Crippen LogP contribution is 2.19. The molecule has 1 fully saturated rings. The molecule has 3 rings (SSSR count). The van der Waals surface area contributed by atoms with Gasteiger partial charge in [-0.1, -0.05) is 54.6 Å². The lowest BCUT2D eigenvalue weighted by atomic mass is 10.1. The molecule has 0 radical (unpaired) electrons. The van der Waals surface area contributed by atoms with E-state index in [1.54, 1.807) is 13.0 Å². The summed E-state index contributed by atoms with van der Waals surface area (Å²) < 4.78 is 4.90. The van der Waals surface area contributed by atoms with Gasteiger partial charge in [-0.05, 0) is 36.3 Å². The number of rotatable bonds is 7. The van der Waals surface area contributed by atoms with E-state index in [9.17, 15) is 4.79 Å². The van der Waals surface area contributed by atoms with Crippen LogP contribution in [0.3, 0.4) is 0 Å². The summed E-state index contributed by atoms with van der Waals surface area (Å²) in [5.74, 6) is -0.582. The third kappa shape index (κ3) is 6.07. The molecule has 30 heavy (non-hydrogen) atoms. The van der Waals surface area contributed by atoms with E-state index < -0.39 is 5.97 Å². The number of ether oxygens (including phenoxy) is 1. The van der Waals surface area contributed by atoms with Crippen LogP contribution < -0.4 is 4.90 Å². The lowest BCUT2D eigenvalue weighted by Crippen LogP contribution is -2.46. The first-order chi connectivity index (χ1) is 14.7. The van der Waals surface area contributed by atoms with Crippen molar-refractivity contribution in [3.63, 3.8) is 0 Å². The standard InChI is InChI=1S/C25H27N3O2/c1-2-30-25(29)23(20-26)19-22-10-12-24(13-11-22)28-17-15-27(16-18-28)14-6-9-21-7-4-3-5-8-21/h3-13,19H,2,14-18H2,1H3/b9-6+,23-19-. The molecule has 0 spiro atoms. The fraction of sp³-hybridized carbons (Fsp3) is 0.280. The number of anilines is 1. The minimum absolute atomic E-state index is 0.0155. The normalized spacial score (nSPS) is 15.2. The van der Waals surface area contributed by atoms with Crippen molar-refractivity contribution in [1.82, 2.24) is 4.90 Å². The van der Waals surface area contributed by atoms with Crippen molar-refractivity contribution < 1.29 is 9.53 Å². The first-order valence-corrected chi connectivity index (χ1v) is 10.3. The molecule has 0 N–H and O–H groups in total. The zero-order chi connectivity index (χ0) is 21.2. The number of carbonyl (C=O) groups excluding carboxylic acids is 1. The van der Waals surface area contributed by atoms with Gasteiger partial charge in [-0.25, -0.2) is 4.79 Å². The monoisotopic (exact) mass is 401 g/mol. The minimum Gasteiger partial charge on any atom is -0.462 e. The number of carbonyl (C=O) groups is 1. The van der Waals surface area contributed by atoms with Crippen LogP contribution >= 0.6 is 0 Å². The number of nitrogens with zero attached hydrogens (tertiary/aromatic N) is 3. The number of piperazine rings is 1. The molecule has 0 amide bonds. The zero-order valence-corrected chi connectivity index (χ0v) is 17.3. The SMILES string of the molecule is CCOC(=O)/C(C#N)=C\c1ccc(N2CCN(C/C=C/c3ccccc3)CC2)cc1. The Hall–Kier alpha value is -3.36. The molecule has 0 aliphatic carbocycles. The van der Waals surface area contributed by atoms with Crippen LogP contribution in [0.4, 0.5) is 5.69 Å². The molecule has 5 nitrogen and oxygen atoms in total. The summed E-state index contributed by atoms with van der Waals surface area (Å²) in [6.45, 7) is 6.91. The molecule has 1 heterocycles. The lowest BCUT2D eigenvalue weighted by molar-refractivity contribution is -0.137. The molecule has 154 valence electrons. The second-order valence-corrected chi connectivity index (χ2v) is 7.08. The molecule has 0 unspecified atom stereocenters. The largest absolute Gasteiger partial charge is 0.462 e. The molecule has 2 aromatic rings. The first kappa shape index (κ1) is 21.4. The summed E-state index contributed by atoms with van der Waals surface area (Å²) in [5.41, 5.74) is 3.21. The first-order valence-electron chi connectivity index (χ1n) is 10.3. The van der Waals surface area contributed by atoms with Gasteiger partial charge in [0.25, 0.3) is 0 Å². The van der Waals surface area contributed by atoms with Crippen molar-refractivity contribution in [3.8, 4) is 6.07 Å². The van der Waals surface area contributed by atoms with Crippen LogP contribution in [0.2, 0.25) is 0 Å². The molecule has 0 bridgehead atoms. The Morgan fingerprint density at radius 3 is 2.37 bits per heavy atom. The maximum atomic E-state index is 11.7. The van der Waals surface area contributed by atoms with Crippen LogP contribution in [0.1, 0.15) is 18.1 Å². The molecular formula is C25H27N3O2. The van der Waals surface area contributed by atoms with Crippen molar-refractivity contribution in [2.75, 3.05) is 44.2 Å².